The third kappa shape index (κ3) is 4.23. The number of carbonyl (C=O) groups is 1. The number of nitrogens with zero attached hydrogens (tertiary/aromatic N) is 2. The number of carbonyl (C=O) groups excluding carboxylic acids is 1. The Morgan fingerprint density at radius 2 is 2.33 bits per heavy atom. The van der Waals surface area contributed by atoms with Gasteiger partial charge in [0.2, 0.25) is 0 Å². The molecule has 0 spiro atoms. The van der Waals surface area contributed by atoms with Crippen molar-refractivity contribution in [1.82, 2.24) is 9.78 Å². The Bertz CT molecular complexity index is 630. The molecule has 1 amide bonds. The van der Waals surface area contributed by atoms with Crippen molar-refractivity contribution in [2.45, 2.75) is 18.6 Å². The van der Waals surface area contributed by atoms with Crippen LogP contribution in [0.15, 0.2) is 35.5 Å². The van der Waals surface area contributed by atoms with Crippen LogP contribution in [-0.4, -0.2) is 28.6 Å². The fraction of sp³-hybridized carbons (Fsp3) is 0.286. The summed E-state index contributed by atoms with van der Waals surface area (Å²) >= 11 is 7.63. The number of nitrogens with one attached hydrogen (secondary N) is 1. The first-order valence-corrected chi connectivity index (χ1v) is 7.99. The summed E-state index contributed by atoms with van der Waals surface area (Å²) < 4.78 is 6.85. The summed E-state index contributed by atoms with van der Waals surface area (Å²) in [5.74, 6) is -0.258. The van der Waals surface area contributed by atoms with Crippen LogP contribution in [0.5, 0.6) is 0 Å². The smallest absolute Gasteiger partial charge is 0.257 e. The Labute approximate surface area is 132 Å². The first kappa shape index (κ1) is 15.9. The zero-order valence-electron chi connectivity index (χ0n) is 11.8. The molecule has 0 aliphatic carbocycles. The summed E-state index contributed by atoms with van der Waals surface area (Å²) in [7, 11) is 0. The molecular formula is C14H16ClN3O2S. The summed E-state index contributed by atoms with van der Waals surface area (Å²) in [6, 6.07) is 5.37. The Kier molecular flexibility index (Phi) is 5.67. The van der Waals surface area contributed by atoms with Gasteiger partial charge < -0.3 is 10.1 Å². The second-order valence-electron chi connectivity index (χ2n) is 4.19. The molecule has 112 valence electrons. The highest BCUT2D eigenvalue weighted by Crippen LogP contribution is 2.23. The molecule has 1 aromatic carbocycles. The highest BCUT2D eigenvalue weighted by Gasteiger charge is 2.12. The molecule has 7 heteroatoms. The Hall–Kier alpha value is -1.50. The largest absolute Gasteiger partial charge is 0.360 e. The molecule has 1 N–H and O–H groups in total. The molecule has 2 aromatic rings. The number of hydrogen-bond acceptors (Lipinski definition) is 4. The average Bonchev–Trinajstić information content (AvgIpc) is 2.93. The molecule has 0 atom stereocenters. The van der Waals surface area contributed by atoms with Crippen LogP contribution in [0.4, 0.5) is 5.69 Å². The van der Waals surface area contributed by atoms with E-state index in [0.29, 0.717) is 29.6 Å². The van der Waals surface area contributed by atoms with Crippen molar-refractivity contribution in [2.24, 2.45) is 0 Å². The predicted molar refractivity (Wildman–Crippen MR) is 85.0 cm³/mol. The van der Waals surface area contributed by atoms with E-state index in [-0.39, 0.29) is 5.91 Å². The summed E-state index contributed by atoms with van der Waals surface area (Å²) in [4.78, 5) is 13.2. The Morgan fingerprint density at radius 1 is 1.52 bits per heavy atom. The van der Waals surface area contributed by atoms with E-state index in [9.17, 15) is 4.79 Å². The van der Waals surface area contributed by atoms with Crippen LogP contribution in [0.1, 0.15) is 17.3 Å². The summed E-state index contributed by atoms with van der Waals surface area (Å²) in [6.07, 6.45) is 5.23. The van der Waals surface area contributed by atoms with Crippen LogP contribution >= 0.6 is 23.4 Å². The first-order chi connectivity index (χ1) is 10.1. The molecule has 0 bridgehead atoms. The number of benzene rings is 1. The standard InChI is InChI=1S/C14H16ClN3O2S/c1-3-20-9-18-8-10(7-16-18)17-14(19)12-6-11(21-2)4-5-13(12)15/h4-8H,3,9H2,1-2H3,(H,17,19). The van der Waals surface area contributed by atoms with E-state index in [2.05, 4.69) is 10.4 Å². The maximum atomic E-state index is 12.3. The van der Waals surface area contributed by atoms with E-state index in [1.165, 1.54) is 0 Å². The maximum absolute atomic E-state index is 12.3. The van der Waals surface area contributed by atoms with Crippen LogP contribution < -0.4 is 5.32 Å². The molecule has 0 aliphatic rings. The van der Waals surface area contributed by atoms with Gasteiger partial charge in [0, 0.05) is 11.5 Å². The molecule has 0 aliphatic heterocycles. The highest BCUT2D eigenvalue weighted by atomic mass is 35.5. The molecular weight excluding hydrogens is 310 g/mol. The van der Waals surface area contributed by atoms with E-state index >= 15 is 0 Å². The van der Waals surface area contributed by atoms with Gasteiger partial charge >= 0.3 is 0 Å². The molecule has 0 saturated heterocycles. The Balaban J connectivity index is 2.09. The quantitative estimate of drug-likeness (QED) is 0.826. The van der Waals surface area contributed by atoms with Gasteiger partial charge in [-0.25, -0.2) is 4.68 Å². The summed E-state index contributed by atoms with van der Waals surface area (Å²) in [5, 5.41) is 7.30. The zero-order valence-corrected chi connectivity index (χ0v) is 13.4. The third-order valence-electron chi connectivity index (χ3n) is 2.74. The van der Waals surface area contributed by atoms with E-state index in [4.69, 9.17) is 16.3 Å². The van der Waals surface area contributed by atoms with Crippen LogP contribution in [-0.2, 0) is 11.5 Å². The first-order valence-electron chi connectivity index (χ1n) is 6.39. The molecule has 0 unspecified atom stereocenters. The number of rotatable bonds is 6. The van der Waals surface area contributed by atoms with Crippen molar-refractivity contribution in [2.75, 3.05) is 18.2 Å². The van der Waals surface area contributed by atoms with Gasteiger partial charge in [-0.05, 0) is 31.4 Å². The van der Waals surface area contributed by atoms with Crippen molar-refractivity contribution in [3.63, 3.8) is 0 Å². The predicted octanol–water partition coefficient (Wildman–Crippen LogP) is 3.50. The lowest BCUT2D eigenvalue weighted by Crippen LogP contribution is -2.12. The van der Waals surface area contributed by atoms with Gasteiger partial charge in [-0.1, -0.05) is 11.6 Å². The van der Waals surface area contributed by atoms with Gasteiger partial charge in [-0.15, -0.1) is 11.8 Å². The lowest BCUT2D eigenvalue weighted by molar-refractivity contribution is 0.0792. The molecule has 5 nitrogen and oxygen atoms in total. The molecule has 21 heavy (non-hydrogen) atoms. The molecule has 1 aromatic heterocycles. The SMILES string of the molecule is CCOCn1cc(NC(=O)c2cc(SC)ccc2Cl)cn1. The van der Waals surface area contributed by atoms with Crippen molar-refractivity contribution < 1.29 is 9.53 Å². The van der Waals surface area contributed by atoms with Crippen molar-refractivity contribution in [3.05, 3.63) is 41.2 Å². The number of hydrogen-bond donors (Lipinski definition) is 1. The molecule has 0 fully saturated rings. The van der Waals surface area contributed by atoms with E-state index < -0.39 is 0 Å². The van der Waals surface area contributed by atoms with Crippen LogP contribution in [0.2, 0.25) is 5.02 Å². The van der Waals surface area contributed by atoms with E-state index in [0.717, 1.165) is 4.90 Å². The van der Waals surface area contributed by atoms with E-state index in [1.54, 1.807) is 41.0 Å². The number of halogens is 1. The van der Waals surface area contributed by atoms with Gasteiger partial charge in [0.25, 0.3) is 5.91 Å². The fourth-order valence-corrected chi connectivity index (χ4v) is 2.33. The van der Waals surface area contributed by atoms with Gasteiger partial charge in [-0.3, -0.25) is 4.79 Å². The van der Waals surface area contributed by atoms with Crippen LogP contribution in [0.3, 0.4) is 0 Å². The normalized spacial score (nSPS) is 10.6. The van der Waals surface area contributed by atoms with Crippen LogP contribution in [0, 0.1) is 0 Å². The van der Waals surface area contributed by atoms with Gasteiger partial charge in [-0.2, -0.15) is 5.10 Å². The molecule has 0 saturated carbocycles. The molecule has 2 rings (SSSR count). The van der Waals surface area contributed by atoms with E-state index in [1.807, 2.05) is 19.2 Å². The summed E-state index contributed by atoms with van der Waals surface area (Å²) in [5.41, 5.74) is 1.05. The monoisotopic (exact) mass is 325 g/mol. The zero-order chi connectivity index (χ0) is 15.2. The minimum absolute atomic E-state index is 0.258. The highest BCUT2D eigenvalue weighted by molar-refractivity contribution is 7.98. The lowest BCUT2D eigenvalue weighted by Gasteiger charge is -2.06. The number of anilines is 1. The lowest BCUT2D eigenvalue weighted by atomic mass is 10.2. The number of aromatic nitrogens is 2. The van der Waals surface area contributed by atoms with Crippen molar-refractivity contribution >= 4 is 35.0 Å². The van der Waals surface area contributed by atoms with Crippen molar-refractivity contribution in [3.8, 4) is 0 Å². The van der Waals surface area contributed by atoms with Gasteiger partial charge in [0.15, 0.2) is 0 Å². The summed E-state index contributed by atoms with van der Waals surface area (Å²) in [6.45, 7) is 2.88. The minimum atomic E-state index is -0.258. The van der Waals surface area contributed by atoms with Gasteiger partial charge in [0.05, 0.1) is 28.7 Å². The number of amides is 1. The number of ether oxygens (including phenoxy) is 1. The molecule has 0 radical (unpaired) electrons. The van der Waals surface area contributed by atoms with Gasteiger partial charge in [0.1, 0.15) is 6.73 Å². The third-order valence-corrected chi connectivity index (χ3v) is 3.79. The second-order valence-corrected chi connectivity index (χ2v) is 5.48. The van der Waals surface area contributed by atoms with Crippen molar-refractivity contribution in [1.29, 1.82) is 0 Å². The second kappa shape index (κ2) is 7.49. The topological polar surface area (TPSA) is 56.1 Å². The number of thioether (sulfide) groups is 1. The minimum Gasteiger partial charge on any atom is -0.360 e. The maximum Gasteiger partial charge on any atom is 0.257 e. The Morgan fingerprint density at radius 3 is 3.05 bits per heavy atom. The molecule has 1 heterocycles. The van der Waals surface area contributed by atoms with Crippen LogP contribution in [0.25, 0.3) is 0 Å². The average molecular weight is 326 g/mol. The fourth-order valence-electron chi connectivity index (χ4n) is 1.69.